The van der Waals surface area contributed by atoms with Crippen molar-refractivity contribution in [3.63, 3.8) is 0 Å². The lowest BCUT2D eigenvalue weighted by atomic mass is 10.2. The molecule has 0 radical (unpaired) electrons. The van der Waals surface area contributed by atoms with Gasteiger partial charge in [0.1, 0.15) is 6.61 Å². The molecule has 0 aliphatic carbocycles. The Bertz CT molecular complexity index is 745. The van der Waals surface area contributed by atoms with Crippen LogP contribution in [0.1, 0.15) is 11.4 Å². The topological polar surface area (TPSA) is 105 Å². The molecule has 8 heteroatoms. The van der Waals surface area contributed by atoms with E-state index in [0.717, 1.165) is 0 Å². The van der Waals surface area contributed by atoms with Gasteiger partial charge < -0.3 is 9.63 Å². The molecule has 21 heavy (non-hydrogen) atoms. The van der Waals surface area contributed by atoms with Crippen LogP contribution in [0.4, 0.5) is 0 Å². The Hall–Kier alpha value is -2.21. The molecule has 0 bridgehead atoms. The van der Waals surface area contributed by atoms with Crippen molar-refractivity contribution < 1.29 is 18.0 Å². The van der Waals surface area contributed by atoms with Crippen LogP contribution in [0.5, 0.6) is 0 Å². The van der Waals surface area contributed by atoms with Crippen molar-refractivity contribution in [3.8, 4) is 11.8 Å². The molecule has 2 rings (SSSR count). The molecule has 0 saturated carbocycles. The van der Waals surface area contributed by atoms with E-state index in [1.54, 1.807) is 18.2 Å². The highest BCUT2D eigenvalue weighted by Gasteiger charge is 2.17. The molecule has 1 aromatic carbocycles. The molecule has 0 spiro atoms. The van der Waals surface area contributed by atoms with Crippen molar-refractivity contribution in [2.75, 3.05) is 13.2 Å². The first kappa shape index (κ1) is 15.2. The van der Waals surface area contributed by atoms with Gasteiger partial charge in [0.25, 0.3) is 0 Å². The first-order valence-electron chi connectivity index (χ1n) is 6.07. The van der Waals surface area contributed by atoms with Gasteiger partial charge >= 0.3 is 0 Å². The van der Waals surface area contributed by atoms with E-state index >= 15 is 0 Å². The van der Waals surface area contributed by atoms with Crippen molar-refractivity contribution in [3.05, 3.63) is 42.0 Å². The molecule has 110 valence electrons. The number of nitrogens with one attached hydrogen (secondary N) is 1. The third-order valence-electron chi connectivity index (χ3n) is 2.53. The van der Waals surface area contributed by atoms with Gasteiger partial charge in [-0.05, 0) is 12.1 Å². The van der Waals surface area contributed by atoms with Crippen molar-refractivity contribution in [1.29, 1.82) is 0 Å². The van der Waals surface area contributed by atoms with Crippen molar-refractivity contribution in [2.24, 2.45) is 0 Å². The minimum Gasteiger partial charge on any atom is -0.384 e. The molecule has 2 aromatic rings. The molecule has 0 aliphatic heterocycles. The number of hydrogen-bond acceptors (Lipinski definition) is 6. The lowest BCUT2D eigenvalue weighted by Crippen LogP contribution is -2.26. The minimum absolute atomic E-state index is 0.0686. The summed E-state index contributed by atoms with van der Waals surface area (Å²) in [6.45, 7) is -0.191. The Balaban J connectivity index is 2.12. The monoisotopic (exact) mass is 307 g/mol. The summed E-state index contributed by atoms with van der Waals surface area (Å²) in [5, 5.41) is 12.3. The third kappa shape index (κ3) is 4.13. The van der Waals surface area contributed by atoms with Crippen molar-refractivity contribution in [1.82, 2.24) is 14.9 Å². The van der Waals surface area contributed by atoms with Gasteiger partial charge in [-0.3, -0.25) is 0 Å². The largest absolute Gasteiger partial charge is 0.384 e. The smallest absolute Gasteiger partial charge is 0.241 e. The molecule has 0 saturated heterocycles. The summed E-state index contributed by atoms with van der Waals surface area (Å²) in [4.78, 5) is 3.87. The van der Waals surface area contributed by atoms with Crippen LogP contribution in [0.2, 0.25) is 0 Å². The van der Waals surface area contributed by atoms with Crippen LogP contribution in [0.3, 0.4) is 0 Å². The van der Waals surface area contributed by atoms with Crippen LogP contribution >= 0.6 is 0 Å². The van der Waals surface area contributed by atoms with Crippen LogP contribution in [0, 0.1) is 11.8 Å². The minimum atomic E-state index is -3.69. The second-order valence-corrected chi connectivity index (χ2v) is 5.69. The number of rotatable bonds is 5. The molecule has 2 N–H and O–H groups in total. The number of hydrogen-bond donors (Lipinski definition) is 2. The Labute approximate surface area is 122 Å². The zero-order valence-corrected chi connectivity index (χ0v) is 11.8. The Morgan fingerprint density at radius 3 is 2.86 bits per heavy atom. The van der Waals surface area contributed by atoms with Gasteiger partial charge in [-0.25, -0.2) is 13.1 Å². The van der Waals surface area contributed by atoms with Crippen LogP contribution < -0.4 is 4.72 Å². The summed E-state index contributed by atoms with van der Waals surface area (Å²) in [7, 11) is -3.69. The summed E-state index contributed by atoms with van der Waals surface area (Å²) in [5.74, 6) is 5.47. The predicted molar refractivity (Wildman–Crippen MR) is 73.6 cm³/mol. The number of nitrogens with zero attached hydrogens (tertiary/aromatic N) is 2. The molecule has 7 nitrogen and oxygen atoms in total. The van der Waals surface area contributed by atoms with Gasteiger partial charge in [-0.2, -0.15) is 4.98 Å². The van der Waals surface area contributed by atoms with Gasteiger partial charge in [-0.1, -0.05) is 29.1 Å². The van der Waals surface area contributed by atoms with Crippen molar-refractivity contribution >= 4 is 10.0 Å². The maximum atomic E-state index is 12.2. The highest BCUT2D eigenvalue weighted by molar-refractivity contribution is 7.89. The fraction of sp³-hybridized carbons (Fsp3) is 0.231. The highest BCUT2D eigenvalue weighted by Crippen LogP contribution is 2.14. The molecule has 0 unspecified atom stereocenters. The SMILES string of the molecule is O=S(=O)(NCCc1ncon1)c1ccccc1C#CCO. The fourth-order valence-electron chi connectivity index (χ4n) is 1.62. The van der Waals surface area contributed by atoms with Crippen LogP contribution in [-0.4, -0.2) is 36.8 Å². The Morgan fingerprint density at radius 2 is 2.14 bits per heavy atom. The number of sulfonamides is 1. The van der Waals surface area contributed by atoms with E-state index in [2.05, 4.69) is 31.2 Å². The summed E-state index contributed by atoms with van der Waals surface area (Å²) in [5.41, 5.74) is 0.332. The van der Waals surface area contributed by atoms with E-state index in [0.29, 0.717) is 17.8 Å². The van der Waals surface area contributed by atoms with E-state index in [9.17, 15) is 8.42 Å². The lowest BCUT2D eigenvalue weighted by molar-refractivity contribution is 0.350. The zero-order chi connectivity index (χ0) is 15.1. The molecular weight excluding hydrogens is 294 g/mol. The van der Waals surface area contributed by atoms with Crippen LogP contribution in [0.15, 0.2) is 40.1 Å². The summed E-state index contributed by atoms with van der Waals surface area (Å²) in [6.07, 6.45) is 1.50. The maximum Gasteiger partial charge on any atom is 0.241 e. The molecule has 0 amide bonds. The molecule has 0 fully saturated rings. The Kier molecular flexibility index (Phi) is 5.05. The average Bonchev–Trinajstić information content (AvgIpc) is 2.98. The van der Waals surface area contributed by atoms with E-state index in [1.807, 2.05) is 0 Å². The second kappa shape index (κ2) is 6.99. The molecule has 1 heterocycles. The number of benzene rings is 1. The fourth-order valence-corrected chi connectivity index (χ4v) is 2.81. The first-order valence-corrected chi connectivity index (χ1v) is 7.55. The van der Waals surface area contributed by atoms with Crippen LogP contribution in [0.25, 0.3) is 0 Å². The number of aliphatic hydroxyl groups excluding tert-OH is 1. The quantitative estimate of drug-likeness (QED) is 0.749. The van der Waals surface area contributed by atoms with Gasteiger partial charge in [-0.15, -0.1) is 0 Å². The average molecular weight is 307 g/mol. The third-order valence-corrected chi connectivity index (χ3v) is 4.05. The first-order chi connectivity index (χ1) is 10.1. The lowest BCUT2D eigenvalue weighted by Gasteiger charge is -2.07. The van der Waals surface area contributed by atoms with E-state index in [-0.39, 0.29) is 18.0 Å². The van der Waals surface area contributed by atoms with Gasteiger partial charge in [0.2, 0.25) is 16.4 Å². The molecular formula is C13H13N3O4S. The maximum absolute atomic E-state index is 12.2. The van der Waals surface area contributed by atoms with E-state index < -0.39 is 10.0 Å². The molecule has 1 aromatic heterocycles. The zero-order valence-electron chi connectivity index (χ0n) is 11.0. The normalized spacial score (nSPS) is 10.9. The van der Waals surface area contributed by atoms with Gasteiger partial charge in [0.15, 0.2) is 5.82 Å². The summed E-state index contributed by atoms with van der Waals surface area (Å²) in [6, 6.07) is 6.33. The summed E-state index contributed by atoms with van der Waals surface area (Å²) >= 11 is 0. The standard InChI is InChI=1S/C13H13N3O4S/c17-9-3-5-11-4-1-2-6-12(11)21(18,19)15-8-7-13-14-10-20-16-13/h1-2,4,6,10,15,17H,7-9H2. The Morgan fingerprint density at radius 1 is 1.33 bits per heavy atom. The predicted octanol–water partition coefficient (Wildman–Crippen LogP) is -0.0656. The molecule has 0 atom stereocenters. The summed E-state index contributed by atoms with van der Waals surface area (Å²) < 4.78 is 31.5. The van der Waals surface area contributed by atoms with Gasteiger partial charge in [0.05, 0.1) is 4.90 Å². The van der Waals surface area contributed by atoms with E-state index in [1.165, 1.54) is 12.5 Å². The van der Waals surface area contributed by atoms with Crippen molar-refractivity contribution in [2.45, 2.75) is 11.3 Å². The second-order valence-electron chi connectivity index (χ2n) is 3.95. The highest BCUT2D eigenvalue weighted by atomic mass is 32.2. The number of aromatic nitrogens is 2. The van der Waals surface area contributed by atoms with E-state index in [4.69, 9.17) is 5.11 Å². The van der Waals surface area contributed by atoms with Crippen LogP contribution in [-0.2, 0) is 16.4 Å². The number of aliphatic hydroxyl groups is 1. The molecule has 0 aliphatic rings. The van der Waals surface area contributed by atoms with Gasteiger partial charge in [0, 0.05) is 18.5 Å².